The number of hydrogen-bond donors (Lipinski definition) is 2. The van der Waals surface area contributed by atoms with E-state index in [1.165, 1.54) is 0 Å². The minimum Gasteiger partial charge on any atom is -0.467 e. The van der Waals surface area contributed by atoms with Gasteiger partial charge < -0.3 is 24.5 Å². The third-order valence-corrected chi connectivity index (χ3v) is 3.80. The summed E-state index contributed by atoms with van der Waals surface area (Å²) in [7, 11) is 0. The van der Waals surface area contributed by atoms with E-state index in [1.807, 2.05) is 24.3 Å². The molecular formula is C17H21N3O4. The number of pyridine rings is 1. The number of urea groups is 1. The van der Waals surface area contributed by atoms with Crippen molar-refractivity contribution < 1.29 is 18.7 Å². The number of amides is 2. The van der Waals surface area contributed by atoms with E-state index >= 15 is 0 Å². The summed E-state index contributed by atoms with van der Waals surface area (Å²) in [5, 5.41) is 5.72. The molecule has 2 N–H and O–H groups in total. The summed E-state index contributed by atoms with van der Waals surface area (Å²) in [5.41, 5.74) is 0.851. The van der Waals surface area contributed by atoms with Crippen LogP contribution in [-0.2, 0) is 22.6 Å². The van der Waals surface area contributed by atoms with E-state index in [0.29, 0.717) is 38.5 Å². The van der Waals surface area contributed by atoms with Crippen LogP contribution in [-0.4, -0.2) is 36.4 Å². The molecule has 3 heterocycles. The lowest BCUT2D eigenvalue weighted by Gasteiger charge is -2.32. The van der Waals surface area contributed by atoms with Gasteiger partial charge in [0.05, 0.1) is 37.8 Å². The Balaban J connectivity index is 1.47. The number of rotatable bonds is 6. The molecule has 0 radical (unpaired) electrons. The highest BCUT2D eigenvalue weighted by Crippen LogP contribution is 2.13. The Morgan fingerprint density at radius 1 is 1.33 bits per heavy atom. The summed E-state index contributed by atoms with van der Waals surface area (Å²) in [5.74, 6) is 0.708. The summed E-state index contributed by atoms with van der Waals surface area (Å²) in [4.78, 5) is 16.3. The molecule has 1 aliphatic rings. The van der Waals surface area contributed by atoms with E-state index in [2.05, 4.69) is 15.6 Å². The molecule has 1 aliphatic heterocycles. The van der Waals surface area contributed by atoms with Crippen molar-refractivity contribution in [2.45, 2.75) is 31.7 Å². The second kappa shape index (κ2) is 8.47. The first kappa shape index (κ1) is 16.5. The Morgan fingerprint density at radius 2 is 2.29 bits per heavy atom. The number of carbonyl (C=O) groups excluding carboxylic acids is 1. The summed E-state index contributed by atoms with van der Waals surface area (Å²) in [6, 6.07) is 8.94. The van der Waals surface area contributed by atoms with Gasteiger partial charge in [0.2, 0.25) is 0 Å². The molecule has 2 aromatic rings. The Morgan fingerprint density at radius 3 is 3.08 bits per heavy atom. The van der Waals surface area contributed by atoms with Crippen LogP contribution in [0.3, 0.4) is 0 Å². The van der Waals surface area contributed by atoms with Crippen molar-refractivity contribution in [1.82, 2.24) is 15.6 Å². The molecule has 2 aromatic heterocycles. The zero-order chi connectivity index (χ0) is 16.6. The molecule has 2 atom stereocenters. The molecule has 128 valence electrons. The fraction of sp³-hybridized carbons (Fsp3) is 0.412. The van der Waals surface area contributed by atoms with Crippen LogP contribution in [0.5, 0.6) is 0 Å². The fourth-order valence-electron chi connectivity index (χ4n) is 2.52. The predicted octanol–water partition coefficient (Wildman–Crippen LogP) is 1.85. The van der Waals surface area contributed by atoms with Gasteiger partial charge in [-0.25, -0.2) is 4.79 Å². The van der Waals surface area contributed by atoms with Crippen molar-refractivity contribution >= 4 is 6.03 Å². The van der Waals surface area contributed by atoms with Crippen molar-refractivity contribution in [3.8, 4) is 0 Å². The second-order valence-electron chi connectivity index (χ2n) is 5.55. The van der Waals surface area contributed by atoms with Gasteiger partial charge in [-0.15, -0.1) is 0 Å². The lowest BCUT2D eigenvalue weighted by atomic mass is 10.1. The summed E-state index contributed by atoms with van der Waals surface area (Å²) in [6.07, 6.45) is 3.82. The highest BCUT2D eigenvalue weighted by molar-refractivity contribution is 5.74. The number of carbonyl (C=O) groups is 1. The Hall–Kier alpha value is -2.38. The first-order chi connectivity index (χ1) is 11.8. The largest absolute Gasteiger partial charge is 0.467 e. The van der Waals surface area contributed by atoms with Crippen molar-refractivity contribution in [3.63, 3.8) is 0 Å². The molecule has 0 spiro atoms. The SMILES string of the molecule is O=C(NCc1ccco1)N[C@H]1CCOC[C@@H]1OCc1ccccn1. The molecule has 0 unspecified atom stereocenters. The zero-order valence-electron chi connectivity index (χ0n) is 13.3. The van der Waals surface area contributed by atoms with Gasteiger partial charge in [0.15, 0.2) is 0 Å². The van der Waals surface area contributed by atoms with E-state index in [0.717, 1.165) is 5.69 Å². The van der Waals surface area contributed by atoms with Crippen molar-refractivity contribution in [2.75, 3.05) is 13.2 Å². The summed E-state index contributed by atoms with van der Waals surface area (Å²) >= 11 is 0. The van der Waals surface area contributed by atoms with Crippen molar-refractivity contribution in [3.05, 3.63) is 54.2 Å². The van der Waals surface area contributed by atoms with Crippen molar-refractivity contribution in [1.29, 1.82) is 0 Å². The molecule has 24 heavy (non-hydrogen) atoms. The molecule has 3 rings (SSSR count). The standard InChI is InChI=1S/C17H21N3O4/c21-17(19-10-14-5-3-8-23-14)20-15-6-9-22-12-16(15)24-11-13-4-1-2-7-18-13/h1-5,7-8,15-16H,6,9-12H2,(H2,19,20,21)/t15-,16-/m0/s1. The minimum absolute atomic E-state index is 0.0981. The van der Waals surface area contributed by atoms with Gasteiger partial charge in [0.25, 0.3) is 0 Å². The maximum atomic E-state index is 12.1. The fourth-order valence-corrected chi connectivity index (χ4v) is 2.52. The lowest BCUT2D eigenvalue weighted by Crippen LogP contribution is -2.52. The smallest absolute Gasteiger partial charge is 0.315 e. The molecule has 1 saturated heterocycles. The number of furan rings is 1. The van der Waals surface area contributed by atoms with Gasteiger partial charge in [0.1, 0.15) is 11.9 Å². The number of nitrogens with zero attached hydrogens (tertiary/aromatic N) is 1. The monoisotopic (exact) mass is 331 g/mol. The average molecular weight is 331 g/mol. The average Bonchev–Trinajstić information content (AvgIpc) is 3.14. The first-order valence-corrected chi connectivity index (χ1v) is 7.97. The maximum Gasteiger partial charge on any atom is 0.315 e. The molecule has 0 aromatic carbocycles. The molecule has 7 nitrogen and oxygen atoms in total. The van der Waals surface area contributed by atoms with Crippen LogP contribution in [0.4, 0.5) is 4.79 Å². The predicted molar refractivity (Wildman–Crippen MR) is 86.1 cm³/mol. The highest BCUT2D eigenvalue weighted by atomic mass is 16.5. The van der Waals surface area contributed by atoms with Crippen LogP contribution in [0.1, 0.15) is 17.9 Å². The van der Waals surface area contributed by atoms with Gasteiger partial charge >= 0.3 is 6.03 Å². The van der Waals surface area contributed by atoms with Crippen LogP contribution in [0.2, 0.25) is 0 Å². The molecular weight excluding hydrogens is 310 g/mol. The normalized spacial score (nSPS) is 20.5. The van der Waals surface area contributed by atoms with Crippen LogP contribution in [0.15, 0.2) is 47.2 Å². The molecule has 0 saturated carbocycles. The van der Waals surface area contributed by atoms with E-state index in [4.69, 9.17) is 13.9 Å². The third-order valence-electron chi connectivity index (χ3n) is 3.80. The first-order valence-electron chi connectivity index (χ1n) is 7.97. The molecule has 0 bridgehead atoms. The van der Waals surface area contributed by atoms with Gasteiger partial charge in [-0.1, -0.05) is 6.07 Å². The van der Waals surface area contributed by atoms with E-state index in [9.17, 15) is 4.79 Å². The summed E-state index contributed by atoms with van der Waals surface area (Å²) < 4.78 is 16.5. The highest BCUT2D eigenvalue weighted by Gasteiger charge is 2.28. The van der Waals surface area contributed by atoms with E-state index < -0.39 is 0 Å². The number of nitrogens with one attached hydrogen (secondary N) is 2. The van der Waals surface area contributed by atoms with Gasteiger partial charge in [-0.3, -0.25) is 4.98 Å². The van der Waals surface area contributed by atoms with Gasteiger partial charge in [-0.2, -0.15) is 0 Å². The van der Waals surface area contributed by atoms with Gasteiger partial charge in [-0.05, 0) is 30.7 Å². The van der Waals surface area contributed by atoms with E-state index in [-0.39, 0.29) is 18.2 Å². The lowest BCUT2D eigenvalue weighted by molar-refractivity contribution is -0.0737. The Bertz CT molecular complexity index is 618. The van der Waals surface area contributed by atoms with Crippen LogP contribution in [0, 0.1) is 0 Å². The minimum atomic E-state index is -0.246. The third kappa shape index (κ3) is 4.81. The van der Waals surface area contributed by atoms with E-state index in [1.54, 1.807) is 18.5 Å². The van der Waals surface area contributed by atoms with Gasteiger partial charge in [0, 0.05) is 12.8 Å². The van der Waals surface area contributed by atoms with Crippen LogP contribution < -0.4 is 10.6 Å². The topological polar surface area (TPSA) is 85.6 Å². The zero-order valence-corrected chi connectivity index (χ0v) is 13.3. The number of ether oxygens (including phenoxy) is 2. The van der Waals surface area contributed by atoms with Crippen LogP contribution in [0.25, 0.3) is 0 Å². The van der Waals surface area contributed by atoms with Crippen molar-refractivity contribution in [2.24, 2.45) is 0 Å². The molecule has 0 aliphatic carbocycles. The number of aromatic nitrogens is 1. The van der Waals surface area contributed by atoms with Crippen LogP contribution >= 0.6 is 0 Å². The second-order valence-corrected chi connectivity index (χ2v) is 5.55. The molecule has 1 fully saturated rings. The quantitative estimate of drug-likeness (QED) is 0.844. The maximum absolute atomic E-state index is 12.1. The molecule has 7 heteroatoms. The number of hydrogen-bond acceptors (Lipinski definition) is 5. The Kier molecular flexibility index (Phi) is 5.81. The summed E-state index contributed by atoms with van der Waals surface area (Å²) in [6.45, 7) is 1.80. The molecule has 2 amide bonds. The Labute approximate surface area is 140 Å².